The van der Waals surface area contributed by atoms with Crippen LogP contribution < -0.4 is 0 Å². The van der Waals surface area contributed by atoms with Crippen molar-refractivity contribution in [1.29, 1.82) is 0 Å². The maximum Gasteiger partial charge on any atom is 0.179 e. The van der Waals surface area contributed by atoms with E-state index < -0.39 is 6.10 Å². The van der Waals surface area contributed by atoms with Gasteiger partial charge < -0.3 is 5.11 Å². The summed E-state index contributed by atoms with van der Waals surface area (Å²) in [6.45, 7) is 2.71. The van der Waals surface area contributed by atoms with Crippen LogP contribution in [0.1, 0.15) is 17.5 Å². The van der Waals surface area contributed by atoms with E-state index in [0.717, 1.165) is 43.0 Å². The summed E-state index contributed by atoms with van der Waals surface area (Å²) in [5.74, 6) is 0. The first kappa shape index (κ1) is 15.4. The number of thiophene rings is 1. The first-order chi connectivity index (χ1) is 10.7. The predicted octanol–water partition coefficient (Wildman–Crippen LogP) is 3.62. The maximum absolute atomic E-state index is 13.5. The minimum atomic E-state index is -0.567. The number of hydrogen-bond donors (Lipinski definition) is 1. The van der Waals surface area contributed by atoms with Gasteiger partial charge >= 0.3 is 0 Å². The fourth-order valence-electron chi connectivity index (χ4n) is 2.82. The Balaban J connectivity index is 1.55. The van der Waals surface area contributed by atoms with E-state index >= 15 is 0 Å². The van der Waals surface area contributed by atoms with E-state index in [1.165, 1.54) is 5.56 Å². The number of aliphatic hydroxyl groups is 1. The van der Waals surface area contributed by atoms with Crippen molar-refractivity contribution in [3.05, 3.63) is 69.7 Å². The lowest BCUT2D eigenvalue weighted by molar-refractivity contribution is 0.191. The molecule has 0 bridgehead atoms. The fraction of sp³-hybridized carbons (Fsp3) is 0.333. The summed E-state index contributed by atoms with van der Waals surface area (Å²) in [5.41, 5.74) is 2.96. The van der Waals surface area contributed by atoms with Gasteiger partial charge in [-0.2, -0.15) is 4.39 Å². The molecular weight excluding hydrogens is 297 g/mol. The second-order valence-corrected chi connectivity index (χ2v) is 6.56. The van der Waals surface area contributed by atoms with Crippen molar-refractivity contribution < 1.29 is 9.50 Å². The van der Waals surface area contributed by atoms with Gasteiger partial charge in [0.25, 0.3) is 0 Å². The smallest absolute Gasteiger partial charge is 0.179 e. The van der Waals surface area contributed by atoms with Crippen LogP contribution in [-0.4, -0.2) is 29.2 Å². The van der Waals surface area contributed by atoms with Gasteiger partial charge in [0.1, 0.15) is 0 Å². The summed E-state index contributed by atoms with van der Waals surface area (Å²) >= 11 is 1.09. The van der Waals surface area contributed by atoms with Gasteiger partial charge in [-0.05, 0) is 29.0 Å². The molecule has 2 nitrogen and oxygen atoms in total. The molecule has 1 N–H and O–H groups in total. The van der Waals surface area contributed by atoms with Crippen molar-refractivity contribution >= 4 is 11.3 Å². The third-order valence-corrected chi connectivity index (χ3v) is 4.85. The molecule has 1 aliphatic rings. The van der Waals surface area contributed by atoms with Crippen molar-refractivity contribution in [3.63, 3.8) is 0 Å². The number of aliphatic hydroxyl groups excluding tert-OH is 1. The highest BCUT2D eigenvalue weighted by Gasteiger charge is 2.19. The van der Waals surface area contributed by atoms with Crippen molar-refractivity contribution in [2.24, 2.45) is 0 Å². The molecule has 0 radical (unpaired) electrons. The zero-order valence-corrected chi connectivity index (χ0v) is 13.2. The highest BCUT2D eigenvalue weighted by Crippen LogP contribution is 2.22. The molecule has 1 atom stereocenters. The molecule has 0 aliphatic carbocycles. The second kappa shape index (κ2) is 7.18. The highest BCUT2D eigenvalue weighted by molar-refractivity contribution is 7.08. The van der Waals surface area contributed by atoms with Gasteiger partial charge in [-0.15, -0.1) is 11.3 Å². The summed E-state index contributed by atoms with van der Waals surface area (Å²) < 4.78 is 13.5. The van der Waals surface area contributed by atoms with Crippen LogP contribution in [0, 0.1) is 5.13 Å². The Morgan fingerprint density at radius 2 is 2.05 bits per heavy atom. The molecule has 3 rings (SSSR count). The summed E-state index contributed by atoms with van der Waals surface area (Å²) in [6, 6.07) is 12.2. The molecule has 1 unspecified atom stereocenters. The molecule has 1 aliphatic heterocycles. The summed E-state index contributed by atoms with van der Waals surface area (Å²) in [7, 11) is 0. The van der Waals surface area contributed by atoms with Gasteiger partial charge in [-0.3, -0.25) is 4.90 Å². The predicted molar refractivity (Wildman–Crippen MR) is 88.4 cm³/mol. The monoisotopic (exact) mass is 317 g/mol. The van der Waals surface area contributed by atoms with Crippen molar-refractivity contribution in [2.45, 2.75) is 25.5 Å². The average Bonchev–Trinajstić information content (AvgIpc) is 2.94. The molecule has 1 aromatic heterocycles. The van der Waals surface area contributed by atoms with Crippen LogP contribution in [0.2, 0.25) is 0 Å². The molecule has 0 fully saturated rings. The summed E-state index contributed by atoms with van der Waals surface area (Å²) in [5, 5.41) is 11.8. The van der Waals surface area contributed by atoms with Crippen LogP contribution in [0.25, 0.3) is 0 Å². The summed E-state index contributed by atoms with van der Waals surface area (Å²) in [4.78, 5) is 2.36. The van der Waals surface area contributed by atoms with Crippen LogP contribution in [0.4, 0.5) is 4.39 Å². The molecule has 2 heterocycles. The van der Waals surface area contributed by atoms with E-state index in [0.29, 0.717) is 12.0 Å². The van der Waals surface area contributed by atoms with Crippen molar-refractivity contribution in [2.75, 3.05) is 13.1 Å². The highest BCUT2D eigenvalue weighted by atomic mass is 32.1. The molecular formula is C18H20FNOS. The van der Waals surface area contributed by atoms with Crippen LogP contribution in [0.3, 0.4) is 0 Å². The Morgan fingerprint density at radius 1 is 1.23 bits per heavy atom. The minimum Gasteiger partial charge on any atom is -0.388 e. The van der Waals surface area contributed by atoms with E-state index in [4.69, 9.17) is 0 Å². The largest absolute Gasteiger partial charge is 0.388 e. The minimum absolute atomic E-state index is 0.179. The first-order valence-electron chi connectivity index (χ1n) is 7.57. The van der Waals surface area contributed by atoms with E-state index in [2.05, 4.69) is 35.2 Å². The Bertz CT molecular complexity index is 638. The topological polar surface area (TPSA) is 23.5 Å². The normalized spacial score (nSPS) is 17.3. The lowest BCUT2D eigenvalue weighted by atomic mass is 9.97. The van der Waals surface area contributed by atoms with Gasteiger partial charge in [0.2, 0.25) is 0 Å². The number of rotatable bonds is 5. The molecule has 0 saturated heterocycles. The maximum atomic E-state index is 13.5. The van der Waals surface area contributed by atoms with E-state index in [1.807, 2.05) is 6.07 Å². The van der Waals surface area contributed by atoms with E-state index in [-0.39, 0.29) is 5.13 Å². The van der Waals surface area contributed by atoms with Crippen molar-refractivity contribution in [1.82, 2.24) is 4.90 Å². The Labute approximate surface area is 134 Å². The van der Waals surface area contributed by atoms with Gasteiger partial charge in [-0.25, -0.2) is 0 Å². The second-order valence-electron chi connectivity index (χ2n) is 5.69. The van der Waals surface area contributed by atoms with Crippen LogP contribution >= 0.6 is 11.3 Å². The lowest BCUT2D eigenvalue weighted by Gasteiger charge is -2.28. The lowest BCUT2D eigenvalue weighted by Crippen LogP contribution is -2.31. The fourth-order valence-corrected chi connectivity index (χ4v) is 3.47. The van der Waals surface area contributed by atoms with Crippen molar-refractivity contribution in [3.8, 4) is 0 Å². The van der Waals surface area contributed by atoms with Crippen LogP contribution in [0.15, 0.2) is 53.4 Å². The van der Waals surface area contributed by atoms with Crippen LogP contribution in [-0.2, 0) is 13.0 Å². The quantitative estimate of drug-likeness (QED) is 0.851. The number of nitrogens with zero attached hydrogens (tertiary/aromatic N) is 1. The van der Waals surface area contributed by atoms with Crippen LogP contribution in [0.5, 0.6) is 0 Å². The summed E-state index contributed by atoms with van der Waals surface area (Å²) in [6.07, 6.45) is 2.75. The third kappa shape index (κ3) is 3.83. The molecule has 22 heavy (non-hydrogen) atoms. The number of hydrogen-bond acceptors (Lipinski definition) is 3. The van der Waals surface area contributed by atoms with Gasteiger partial charge in [0.05, 0.1) is 6.10 Å². The average molecular weight is 317 g/mol. The number of halogens is 1. The SMILES string of the molecule is OC(Cc1ccsc1F)C1=CCN(Cc2ccccc2)CC1. The molecule has 1 aromatic carbocycles. The third-order valence-electron chi connectivity index (χ3n) is 4.11. The molecule has 2 aromatic rings. The van der Waals surface area contributed by atoms with Gasteiger partial charge in [-0.1, -0.05) is 36.4 Å². The van der Waals surface area contributed by atoms with E-state index in [1.54, 1.807) is 11.4 Å². The molecule has 116 valence electrons. The van der Waals surface area contributed by atoms with Gasteiger partial charge in [0.15, 0.2) is 5.13 Å². The zero-order chi connectivity index (χ0) is 15.4. The van der Waals surface area contributed by atoms with Gasteiger partial charge in [0, 0.05) is 31.6 Å². The molecule has 4 heteroatoms. The number of benzene rings is 1. The molecule has 0 amide bonds. The molecule has 0 spiro atoms. The molecule has 0 saturated carbocycles. The first-order valence-corrected chi connectivity index (χ1v) is 8.45. The Hall–Kier alpha value is -1.49. The zero-order valence-electron chi connectivity index (χ0n) is 12.4. The van der Waals surface area contributed by atoms with E-state index in [9.17, 15) is 9.50 Å². The Kier molecular flexibility index (Phi) is 5.03. The standard InChI is InChI=1S/C18H20FNOS/c19-18-16(8-11-22-18)12-17(21)15-6-9-20(10-7-15)13-14-4-2-1-3-5-14/h1-6,8,11,17,21H,7,9-10,12-13H2. The Morgan fingerprint density at radius 3 is 2.68 bits per heavy atom.